The van der Waals surface area contributed by atoms with E-state index in [9.17, 15) is 4.79 Å². The van der Waals surface area contributed by atoms with E-state index in [1.54, 1.807) is 63.8 Å². The number of cyclic esters (lactones) is 1. The lowest BCUT2D eigenvalue weighted by Gasteiger charge is -2.07. The van der Waals surface area contributed by atoms with Crippen molar-refractivity contribution in [2.45, 2.75) is 0 Å². The summed E-state index contributed by atoms with van der Waals surface area (Å²) in [6, 6.07) is 10.6. The molecule has 1 aliphatic rings. The standard InChI is InChI=1S/C19H16BrNO5/c1-23-12-5-6-13(14(20)10-12)18-21-15(19(22)26-18)8-11-4-7-16(24-2)17(9-11)25-3/h4-10H,1-3H3/b15-8-. The van der Waals surface area contributed by atoms with Crippen molar-refractivity contribution in [1.29, 1.82) is 0 Å². The first kappa shape index (κ1) is 18.0. The Bertz CT molecular complexity index is 920. The maximum absolute atomic E-state index is 12.2. The van der Waals surface area contributed by atoms with Gasteiger partial charge in [0.05, 0.1) is 26.9 Å². The molecule has 1 aliphatic heterocycles. The van der Waals surface area contributed by atoms with Crippen LogP contribution in [0.4, 0.5) is 0 Å². The molecule has 0 radical (unpaired) electrons. The fraction of sp³-hybridized carbons (Fsp3) is 0.158. The van der Waals surface area contributed by atoms with E-state index in [4.69, 9.17) is 18.9 Å². The van der Waals surface area contributed by atoms with Gasteiger partial charge in [0.25, 0.3) is 0 Å². The van der Waals surface area contributed by atoms with Gasteiger partial charge in [-0.3, -0.25) is 0 Å². The molecule has 0 aliphatic carbocycles. The quantitative estimate of drug-likeness (QED) is 0.546. The number of halogens is 1. The van der Waals surface area contributed by atoms with E-state index in [2.05, 4.69) is 20.9 Å². The smallest absolute Gasteiger partial charge is 0.363 e. The topological polar surface area (TPSA) is 66.3 Å². The zero-order valence-electron chi connectivity index (χ0n) is 14.4. The number of carbonyl (C=O) groups excluding carboxylic acids is 1. The van der Waals surface area contributed by atoms with Gasteiger partial charge < -0.3 is 18.9 Å². The molecule has 26 heavy (non-hydrogen) atoms. The van der Waals surface area contributed by atoms with Crippen LogP contribution < -0.4 is 14.2 Å². The lowest BCUT2D eigenvalue weighted by atomic mass is 10.1. The molecule has 2 aromatic rings. The largest absolute Gasteiger partial charge is 0.497 e. The molecule has 0 atom stereocenters. The number of benzene rings is 2. The first-order valence-electron chi connectivity index (χ1n) is 7.64. The molecular weight excluding hydrogens is 402 g/mol. The minimum absolute atomic E-state index is 0.204. The highest BCUT2D eigenvalue weighted by molar-refractivity contribution is 9.10. The molecule has 7 heteroatoms. The predicted octanol–water partition coefficient (Wildman–Crippen LogP) is 3.82. The number of ether oxygens (including phenoxy) is 4. The molecule has 0 amide bonds. The lowest BCUT2D eigenvalue weighted by molar-refractivity contribution is -0.129. The summed E-state index contributed by atoms with van der Waals surface area (Å²) in [5.74, 6) is 1.57. The summed E-state index contributed by atoms with van der Waals surface area (Å²) in [5.41, 5.74) is 1.61. The van der Waals surface area contributed by atoms with Crippen LogP contribution in [0.25, 0.3) is 6.08 Å². The van der Waals surface area contributed by atoms with Crippen LogP contribution in [0.2, 0.25) is 0 Å². The van der Waals surface area contributed by atoms with E-state index in [0.717, 1.165) is 10.0 Å². The second kappa shape index (κ2) is 7.61. The minimum Gasteiger partial charge on any atom is -0.497 e. The van der Waals surface area contributed by atoms with Gasteiger partial charge in [-0.25, -0.2) is 9.79 Å². The van der Waals surface area contributed by atoms with Gasteiger partial charge in [0.2, 0.25) is 5.90 Å². The lowest BCUT2D eigenvalue weighted by Crippen LogP contribution is -2.06. The molecule has 0 fully saturated rings. The van der Waals surface area contributed by atoms with Crippen LogP contribution in [-0.2, 0) is 9.53 Å². The Kier molecular flexibility index (Phi) is 5.27. The van der Waals surface area contributed by atoms with E-state index in [0.29, 0.717) is 22.8 Å². The molecule has 1 heterocycles. The van der Waals surface area contributed by atoms with Crippen molar-refractivity contribution < 1.29 is 23.7 Å². The molecule has 0 saturated heterocycles. The van der Waals surface area contributed by atoms with Gasteiger partial charge in [0.15, 0.2) is 17.2 Å². The number of carbonyl (C=O) groups is 1. The molecule has 0 bridgehead atoms. The minimum atomic E-state index is -0.516. The Morgan fingerprint density at radius 2 is 1.77 bits per heavy atom. The van der Waals surface area contributed by atoms with Crippen molar-refractivity contribution in [3.63, 3.8) is 0 Å². The Labute approximate surface area is 159 Å². The number of rotatable bonds is 5. The number of hydrogen-bond donors (Lipinski definition) is 0. The average molecular weight is 418 g/mol. The third-order valence-corrected chi connectivity index (χ3v) is 4.39. The zero-order chi connectivity index (χ0) is 18.7. The third-order valence-electron chi connectivity index (χ3n) is 3.74. The first-order valence-corrected chi connectivity index (χ1v) is 8.43. The fourth-order valence-corrected chi connectivity index (χ4v) is 2.95. The van der Waals surface area contributed by atoms with Crippen LogP contribution >= 0.6 is 15.9 Å². The highest BCUT2D eigenvalue weighted by Crippen LogP contribution is 2.30. The van der Waals surface area contributed by atoms with Crippen molar-refractivity contribution in [2.75, 3.05) is 21.3 Å². The van der Waals surface area contributed by atoms with Crippen LogP contribution in [0, 0.1) is 0 Å². The first-order chi connectivity index (χ1) is 12.5. The molecule has 6 nitrogen and oxygen atoms in total. The van der Waals surface area contributed by atoms with Gasteiger partial charge in [0, 0.05) is 4.47 Å². The highest BCUT2D eigenvalue weighted by Gasteiger charge is 2.25. The average Bonchev–Trinajstić information content (AvgIpc) is 3.01. The molecule has 0 aromatic heterocycles. The van der Waals surface area contributed by atoms with Gasteiger partial charge >= 0.3 is 5.97 Å². The van der Waals surface area contributed by atoms with Crippen molar-refractivity contribution in [2.24, 2.45) is 4.99 Å². The van der Waals surface area contributed by atoms with Crippen molar-refractivity contribution in [3.8, 4) is 17.2 Å². The van der Waals surface area contributed by atoms with Crippen LogP contribution in [0.3, 0.4) is 0 Å². The van der Waals surface area contributed by atoms with E-state index in [-0.39, 0.29) is 11.6 Å². The Morgan fingerprint density at radius 1 is 1.00 bits per heavy atom. The molecule has 0 N–H and O–H groups in total. The summed E-state index contributed by atoms with van der Waals surface area (Å²) in [6.07, 6.45) is 1.63. The third kappa shape index (κ3) is 3.57. The number of nitrogens with zero attached hydrogens (tertiary/aromatic N) is 1. The summed E-state index contributed by atoms with van der Waals surface area (Å²) in [6.45, 7) is 0. The van der Waals surface area contributed by atoms with Gasteiger partial charge in [-0.05, 0) is 57.9 Å². The van der Waals surface area contributed by atoms with Gasteiger partial charge in [0.1, 0.15) is 5.75 Å². The summed E-state index contributed by atoms with van der Waals surface area (Å²) < 4.78 is 21.7. The Morgan fingerprint density at radius 3 is 2.42 bits per heavy atom. The summed E-state index contributed by atoms with van der Waals surface area (Å²) >= 11 is 3.44. The molecule has 0 unspecified atom stereocenters. The van der Waals surface area contributed by atoms with Crippen LogP contribution in [0.1, 0.15) is 11.1 Å². The van der Waals surface area contributed by atoms with Crippen LogP contribution in [0.5, 0.6) is 17.2 Å². The van der Waals surface area contributed by atoms with E-state index >= 15 is 0 Å². The molecule has 2 aromatic carbocycles. The maximum atomic E-state index is 12.2. The van der Waals surface area contributed by atoms with Crippen LogP contribution in [-0.4, -0.2) is 33.2 Å². The van der Waals surface area contributed by atoms with Gasteiger partial charge in [-0.1, -0.05) is 6.07 Å². The van der Waals surface area contributed by atoms with E-state index < -0.39 is 5.97 Å². The summed E-state index contributed by atoms with van der Waals surface area (Å²) in [4.78, 5) is 16.5. The predicted molar refractivity (Wildman–Crippen MR) is 101 cm³/mol. The Hall–Kier alpha value is -2.80. The monoisotopic (exact) mass is 417 g/mol. The molecule has 0 saturated carbocycles. The van der Waals surface area contributed by atoms with E-state index in [1.165, 1.54) is 0 Å². The normalized spacial score (nSPS) is 14.8. The molecule has 0 spiro atoms. The van der Waals surface area contributed by atoms with Crippen molar-refractivity contribution in [3.05, 3.63) is 57.7 Å². The van der Waals surface area contributed by atoms with Gasteiger partial charge in [-0.15, -0.1) is 0 Å². The fourth-order valence-electron chi connectivity index (χ4n) is 2.42. The SMILES string of the molecule is COc1ccc(C2=N/C(=C\c3ccc(OC)c(OC)c3)C(=O)O2)c(Br)c1. The number of aliphatic imine (C=N–C) groups is 1. The Balaban J connectivity index is 1.94. The maximum Gasteiger partial charge on any atom is 0.363 e. The second-order valence-corrected chi connectivity index (χ2v) is 6.15. The van der Waals surface area contributed by atoms with Crippen LogP contribution in [0.15, 0.2) is 51.6 Å². The van der Waals surface area contributed by atoms with Crippen molar-refractivity contribution >= 4 is 33.9 Å². The van der Waals surface area contributed by atoms with Crippen molar-refractivity contribution in [1.82, 2.24) is 0 Å². The number of hydrogen-bond acceptors (Lipinski definition) is 6. The highest BCUT2D eigenvalue weighted by atomic mass is 79.9. The molecular formula is C19H16BrNO5. The molecule has 3 rings (SSSR count). The summed E-state index contributed by atoms with van der Waals surface area (Å²) in [5, 5.41) is 0. The van der Waals surface area contributed by atoms with E-state index in [1.807, 2.05) is 0 Å². The summed E-state index contributed by atoms with van der Waals surface area (Å²) in [7, 11) is 4.70. The molecule has 134 valence electrons. The second-order valence-electron chi connectivity index (χ2n) is 5.30. The number of methoxy groups -OCH3 is 3. The zero-order valence-corrected chi connectivity index (χ0v) is 16.0. The number of esters is 1. The van der Waals surface area contributed by atoms with Gasteiger partial charge in [-0.2, -0.15) is 0 Å².